The van der Waals surface area contributed by atoms with Crippen LogP contribution in [0.1, 0.15) is 20.7 Å². The molecule has 0 spiro atoms. The second-order valence-electron chi connectivity index (χ2n) is 5.55. The third kappa shape index (κ3) is 2.75. The minimum Gasteiger partial charge on any atom is -0.503 e. The van der Waals surface area contributed by atoms with Crippen molar-refractivity contribution in [2.24, 2.45) is 0 Å². The van der Waals surface area contributed by atoms with E-state index in [0.717, 1.165) is 0 Å². The van der Waals surface area contributed by atoms with Gasteiger partial charge in [-0.15, -0.1) is 0 Å². The van der Waals surface area contributed by atoms with Crippen LogP contribution in [0, 0.1) is 0 Å². The molecule has 1 heterocycles. The number of fused-ring (bicyclic) bond motifs is 2. The van der Waals surface area contributed by atoms with Gasteiger partial charge in [-0.25, -0.2) is 19.6 Å². The quantitative estimate of drug-likeness (QED) is 0.502. The Kier molecular flexibility index (Phi) is 4.78. The smallest absolute Gasteiger partial charge is 0.340 e. The molecule has 0 saturated carbocycles. The summed E-state index contributed by atoms with van der Waals surface area (Å²) in [5, 5.41) is 20.9. The van der Waals surface area contributed by atoms with Crippen LogP contribution in [0.2, 0.25) is 0 Å². The summed E-state index contributed by atoms with van der Waals surface area (Å²) in [7, 11) is 4.95. The van der Waals surface area contributed by atoms with Gasteiger partial charge < -0.3 is 29.2 Å². The summed E-state index contributed by atoms with van der Waals surface area (Å²) in [6.45, 7) is 0. The molecule has 0 unspecified atom stereocenters. The normalized spacial score (nSPS) is 10.7. The lowest BCUT2D eigenvalue weighted by atomic mass is 10.1. The number of phenolic OH excluding ortho intramolecular Hbond substituents is 2. The van der Waals surface area contributed by atoms with Gasteiger partial charge in [0.25, 0.3) is 0 Å². The Morgan fingerprint density at radius 1 is 0.714 bits per heavy atom. The number of rotatable bonds is 4. The van der Waals surface area contributed by atoms with Gasteiger partial charge in [-0.3, -0.25) is 0 Å². The molecular formula is C18H16N2O8. The Bertz CT molecular complexity index is 1040. The molecule has 10 heteroatoms. The summed E-state index contributed by atoms with van der Waals surface area (Å²) < 4.78 is 19.6. The molecule has 0 amide bonds. The first-order chi connectivity index (χ1) is 13.4. The van der Waals surface area contributed by atoms with E-state index in [1.54, 1.807) is 0 Å². The monoisotopic (exact) mass is 388 g/mol. The maximum atomic E-state index is 12.2. The third-order valence-electron chi connectivity index (χ3n) is 4.12. The van der Waals surface area contributed by atoms with Crippen molar-refractivity contribution in [1.82, 2.24) is 9.97 Å². The van der Waals surface area contributed by atoms with Crippen LogP contribution in [-0.2, 0) is 9.47 Å². The van der Waals surface area contributed by atoms with Gasteiger partial charge in [-0.1, -0.05) is 0 Å². The Balaban J connectivity index is 2.56. The third-order valence-corrected chi connectivity index (χ3v) is 4.12. The highest BCUT2D eigenvalue weighted by Crippen LogP contribution is 2.40. The molecule has 3 aromatic rings. The first kappa shape index (κ1) is 19.0. The molecule has 0 radical (unpaired) electrons. The van der Waals surface area contributed by atoms with Crippen LogP contribution < -0.4 is 9.47 Å². The molecule has 0 aliphatic rings. The van der Waals surface area contributed by atoms with Crippen LogP contribution >= 0.6 is 0 Å². The zero-order valence-corrected chi connectivity index (χ0v) is 15.4. The van der Waals surface area contributed by atoms with Crippen molar-refractivity contribution in [1.29, 1.82) is 0 Å². The van der Waals surface area contributed by atoms with E-state index in [9.17, 15) is 19.8 Å². The van der Waals surface area contributed by atoms with Gasteiger partial charge in [0, 0.05) is 12.1 Å². The molecule has 3 rings (SSSR count). The molecule has 0 bridgehead atoms. The zero-order chi connectivity index (χ0) is 20.6. The minimum absolute atomic E-state index is 0.0427. The first-order valence-corrected chi connectivity index (χ1v) is 7.85. The number of carbonyl (C=O) groups is 2. The number of ether oxygens (including phenoxy) is 4. The fourth-order valence-corrected chi connectivity index (χ4v) is 2.75. The molecule has 0 saturated heterocycles. The predicted octanol–water partition coefficient (Wildman–Crippen LogP) is 1.78. The highest BCUT2D eigenvalue weighted by molar-refractivity contribution is 6.10. The SMILES string of the molecule is COC(=O)c1cc(OC)c(O)c2nc3c(C(=O)OC)cc(OC)c(O)c3nc12. The highest BCUT2D eigenvalue weighted by atomic mass is 16.5. The molecule has 0 fully saturated rings. The lowest BCUT2D eigenvalue weighted by molar-refractivity contribution is 0.0593. The van der Waals surface area contributed by atoms with E-state index in [4.69, 9.17) is 18.9 Å². The Labute approximate surface area is 158 Å². The number of nitrogens with zero attached hydrogens (tertiary/aromatic N) is 2. The van der Waals surface area contributed by atoms with Crippen molar-refractivity contribution in [3.8, 4) is 23.0 Å². The highest BCUT2D eigenvalue weighted by Gasteiger charge is 2.25. The topological polar surface area (TPSA) is 137 Å². The molecular weight excluding hydrogens is 372 g/mol. The summed E-state index contributed by atoms with van der Waals surface area (Å²) >= 11 is 0. The summed E-state index contributed by atoms with van der Waals surface area (Å²) in [5.74, 6) is -2.39. The molecule has 0 atom stereocenters. The van der Waals surface area contributed by atoms with Gasteiger partial charge in [0.2, 0.25) is 0 Å². The fourth-order valence-electron chi connectivity index (χ4n) is 2.75. The predicted molar refractivity (Wildman–Crippen MR) is 96.2 cm³/mol. The molecule has 1 aromatic heterocycles. The molecule has 0 aliphatic heterocycles. The Morgan fingerprint density at radius 3 is 1.36 bits per heavy atom. The average Bonchev–Trinajstić information content (AvgIpc) is 2.72. The number of phenols is 2. The maximum absolute atomic E-state index is 12.2. The number of aromatic nitrogens is 2. The standard InChI is InChI=1S/C18H16N2O8/c1-25-9-5-7(17(23)27-3)11-13(15(9)21)19-12-8(18(24)28-4)6-10(26-2)16(22)14(12)20-11/h5-6,21-22H,1-4H3. The zero-order valence-electron chi connectivity index (χ0n) is 15.4. The molecule has 0 aliphatic carbocycles. The van der Waals surface area contributed by atoms with E-state index in [2.05, 4.69) is 9.97 Å². The summed E-state index contributed by atoms with van der Waals surface area (Å²) in [4.78, 5) is 32.9. The Hall–Kier alpha value is -3.82. The number of esters is 2. The van der Waals surface area contributed by atoms with Crippen molar-refractivity contribution in [3.63, 3.8) is 0 Å². The van der Waals surface area contributed by atoms with E-state index in [1.807, 2.05) is 0 Å². The molecule has 28 heavy (non-hydrogen) atoms. The lowest BCUT2D eigenvalue weighted by Crippen LogP contribution is -2.08. The van der Waals surface area contributed by atoms with Crippen LogP contribution in [0.15, 0.2) is 12.1 Å². The second kappa shape index (κ2) is 7.06. The molecule has 2 N–H and O–H groups in total. The van der Waals surface area contributed by atoms with Gasteiger partial charge in [0.15, 0.2) is 23.0 Å². The number of hydrogen-bond acceptors (Lipinski definition) is 10. The number of benzene rings is 2. The lowest BCUT2D eigenvalue weighted by Gasteiger charge is -2.14. The summed E-state index contributed by atoms with van der Waals surface area (Å²) in [6.07, 6.45) is 0. The van der Waals surface area contributed by atoms with Crippen LogP contribution in [-0.4, -0.2) is 60.6 Å². The molecule has 10 nitrogen and oxygen atoms in total. The van der Waals surface area contributed by atoms with Crippen LogP contribution in [0.5, 0.6) is 23.0 Å². The Morgan fingerprint density at radius 2 is 1.07 bits per heavy atom. The first-order valence-electron chi connectivity index (χ1n) is 7.85. The molecule has 146 valence electrons. The van der Waals surface area contributed by atoms with Gasteiger partial charge in [-0.05, 0) is 0 Å². The van der Waals surface area contributed by atoms with Crippen LogP contribution in [0.4, 0.5) is 0 Å². The van der Waals surface area contributed by atoms with Crippen molar-refractivity contribution < 1.29 is 38.7 Å². The van der Waals surface area contributed by atoms with Crippen LogP contribution in [0.25, 0.3) is 22.1 Å². The van der Waals surface area contributed by atoms with E-state index >= 15 is 0 Å². The number of aromatic hydroxyl groups is 2. The van der Waals surface area contributed by atoms with Gasteiger partial charge in [0.1, 0.15) is 22.1 Å². The van der Waals surface area contributed by atoms with Crippen LogP contribution in [0.3, 0.4) is 0 Å². The summed E-state index contributed by atoms with van der Waals surface area (Å²) in [6, 6.07) is 2.48. The van der Waals surface area contributed by atoms with Crippen molar-refractivity contribution in [3.05, 3.63) is 23.3 Å². The number of carbonyl (C=O) groups excluding carboxylic acids is 2. The average molecular weight is 388 g/mol. The maximum Gasteiger partial charge on any atom is 0.340 e. The van der Waals surface area contributed by atoms with E-state index in [0.29, 0.717) is 0 Å². The number of methoxy groups -OCH3 is 4. The van der Waals surface area contributed by atoms with Gasteiger partial charge in [-0.2, -0.15) is 0 Å². The minimum atomic E-state index is -0.757. The summed E-state index contributed by atoms with van der Waals surface area (Å²) in [5.41, 5.74) is -0.468. The van der Waals surface area contributed by atoms with E-state index < -0.39 is 23.4 Å². The fraction of sp³-hybridized carbons (Fsp3) is 0.222. The van der Waals surface area contributed by atoms with Crippen molar-refractivity contribution in [2.45, 2.75) is 0 Å². The number of hydrogen-bond donors (Lipinski definition) is 2. The largest absolute Gasteiger partial charge is 0.503 e. The van der Waals surface area contributed by atoms with Crippen molar-refractivity contribution >= 4 is 34.0 Å². The van der Waals surface area contributed by atoms with E-state index in [1.165, 1.54) is 40.6 Å². The van der Waals surface area contributed by atoms with Gasteiger partial charge >= 0.3 is 11.9 Å². The van der Waals surface area contributed by atoms with Crippen molar-refractivity contribution in [2.75, 3.05) is 28.4 Å². The molecule has 2 aromatic carbocycles. The van der Waals surface area contributed by atoms with Gasteiger partial charge in [0.05, 0.1) is 39.6 Å². The van der Waals surface area contributed by atoms with E-state index in [-0.39, 0.29) is 44.7 Å². The second-order valence-corrected chi connectivity index (χ2v) is 5.55.